The lowest BCUT2D eigenvalue weighted by molar-refractivity contribution is -0.120. The van der Waals surface area contributed by atoms with E-state index in [0.29, 0.717) is 12.2 Å². The smallest absolute Gasteiger partial charge is 0.229 e. The predicted octanol–water partition coefficient (Wildman–Crippen LogP) is 3.28. The van der Waals surface area contributed by atoms with Gasteiger partial charge in [-0.05, 0) is 54.8 Å². The second-order valence-electron chi connectivity index (χ2n) is 6.72. The van der Waals surface area contributed by atoms with Gasteiger partial charge in [0.2, 0.25) is 15.9 Å². The molecular weight excluding hydrogens is 364 g/mol. The third-order valence-electron chi connectivity index (χ3n) is 4.34. The van der Waals surface area contributed by atoms with Gasteiger partial charge in [-0.1, -0.05) is 12.1 Å². The van der Waals surface area contributed by atoms with Crippen LogP contribution in [0.4, 0.5) is 5.69 Å². The quantitative estimate of drug-likeness (QED) is 0.680. The first-order valence-corrected chi connectivity index (χ1v) is 10.4. The van der Waals surface area contributed by atoms with Crippen LogP contribution in [-0.2, 0) is 27.8 Å². The first-order valence-electron chi connectivity index (χ1n) is 8.52. The number of anilines is 1. The third kappa shape index (κ3) is 4.89. The van der Waals surface area contributed by atoms with Crippen LogP contribution in [0.3, 0.4) is 0 Å². The van der Waals surface area contributed by atoms with Crippen LogP contribution in [0.15, 0.2) is 47.1 Å². The average Bonchev–Trinajstić information content (AvgIpc) is 2.94. The van der Waals surface area contributed by atoms with Crippen molar-refractivity contribution in [1.82, 2.24) is 5.32 Å². The zero-order valence-corrected chi connectivity index (χ0v) is 16.3. The molecule has 1 aromatic heterocycles. The van der Waals surface area contributed by atoms with E-state index < -0.39 is 10.0 Å². The van der Waals surface area contributed by atoms with E-state index >= 15 is 0 Å². The van der Waals surface area contributed by atoms with Crippen molar-refractivity contribution in [3.05, 3.63) is 64.9 Å². The molecule has 0 unspecified atom stereocenters. The van der Waals surface area contributed by atoms with Crippen molar-refractivity contribution in [2.24, 2.45) is 0 Å². The standard InChI is InChI=1S/C20H22N2O4S/c1-13-7-18-16(12-26-19(18)8-14(13)2)10-20(23)21-11-15-5-4-6-17(9-15)22-27(3,24)25/h4-9,12,22H,10-11H2,1-3H3,(H,21,23). The Balaban J connectivity index is 1.65. The highest BCUT2D eigenvalue weighted by molar-refractivity contribution is 7.92. The molecule has 0 radical (unpaired) electrons. The fraction of sp³-hybridized carbons (Fsp3) is 0.250. The number of fused-ring (bicyclic) bond motifs is 1. The molecule has 3 rings (SSSR count). The summed E-state index contributed by atoms with van der Waals surface area (Å²) in [6.07, 6.45) is 2.94. The Morgan fingerprint density at radius 1 is 1.11 bits per heavy atom. The van der Waals surface area contributed by atoms with Crippen LogP contribution in [0.25, 0.3) is 11.0 Å². The Hall–Kier alpha value is -2.80. The molecule has 0 fully saturated rings. The summed E-state index contributed by atoms with van der Waals surface area (Å²) in [6.45, 7) is 4.37. The van der Waals surface area contributed by atoms with E-state index in [-0.39, 0.29) is 12.3 Å². The van der Waals surface area contributed by atoms with E-state index in [9.17, 15) is 13.2 Å². The lowest BCUT2D eigenvalue weighted by atomic mass is 10.0. The monoisotopic (exact) mass is 386 g/mol. The fourth-order valence-corrected chi connectivity index (χ4v) is 3.42. The number of carbonyl (C=O) groups excluding carboxylic acids is 1. The molecule has 0 aliphatic rings. The van der Waals surface area contributed by atoms with Gasteiger partial charge >= 0.3 is 0 Å². The molecule has 0 atom stereocenters. The van der Waals surface area contributed by atoms with Gasteiger partial charge in [0.15, 0.2) is 0 Å². The summed E-state index contributed by atoms with van der Waals surface area (Å²) in [7, 11) is -3.33. The van der Waals surface area contributed by atoms with Crippen LogP contribution in [0.5, 0.6) is 0 Å². The molecule has 2 aromatic carbocycles. The Kier molecular flexibility index (Phi) is 5.23. The molecule has 0 aliphatic heterocycles. The Bertz CT molecular complexity index is 1100. The van der Waals surface area contributed by atoms with Crippen LogP contribution >= 0.6 is 0 Å². The minimum atomic E-state index is -3.33. The number of nitrogens with one attached hydrogen (secondary N) is 2. The minimum Gasteiger partial charge on any atom is -0.464 e. The van der Waals surface area contributed by atoms with Crippen molar-refractivity contribution in [2.75, 3.05) is 11.0 Å². The molecule has 142 valence electrons. The average molecular weight is 386 g/mol. The highest BCUT2D eigenvalue weighted by Gasteiger charge is 2.12. The van der Waals surface area contributed by atoms with Gasteiger partial charge in [-0.15, -0.1) is 0 Å². The van der Waals surface area contributed by atoms with Gasteiger partial charge in [0.05, 0.1) is 18.9 Å². The number of hydrogen-bond acceptors (Lipinski definition) is 4. The van der Waals surface area contributed by atoms with Crippen LogP contribution in [0.2, 0.25) is 0 Å². The highest BCUT2D eigenvalue weighted by atomic mass is 32.2. The van der Waals surface area contributed by atoms with Crippen molar-refractivity contribution in [3.8, 4) is 0 Å². The molecule has 0 bridgehead atoms. The van der Waals surface area contributed by atoms with Crippen LogP contribution in [0, 0.1) is 13.8 Å². The van der Waals surface area contributed by atoms with Gasteiger partial charge in [-0.25, -0.2) is 8.42 Å². The van der Waals surface area contributed by atoms with Crippen molar-refractivity contribution in [2.45, 2.75) is 26.8 Å². The van der Waals surface area contributed by atoms with Crippen LogP contribution in [-0.4, -0.2) is 20.6 Å². The molecule has 0 spiro atoms. The second-order valence-corrected chi connectivity index (χ2v) is 8.47. The van der Waals surface area contributed by atoms with Gasteiger partial charge in [0, 0.05) is 23.2 Å². The summed E-state index contributed by atoms with van der Waals surface area (Å²) in [5, 5.41) is 3.81. The maximum absolute atomic E-state index is 12.3. The van der Waals surface area contributed by atoms with E-state index in [0.717, 1.165) is 39.5 Å². The second kappa shape index (κ2) is 7.44. The summed E-state index contributed by atoms with van der Waals surface area (Å²) in [5.41, 5.74) is 5.20. The number of furan rings is 1. The topological polar surface area (TPSA) is 88.4 Å². The molecule has 1 heterocycles. The van der Waals surface area contributed by atoms with Gasteiger partial charge < -0.3 is 9.73 Å². The summed E-state index contributed by atoms with van der Waals surface area (Å²) >= 11 is 0. The number of sulfonamides is 1. The fourth-order valence-electron chi connectivity index (χ4n) is 2.87. The van der Waals surface area contributed by atoms with E-state index in [1.165, 1.54) is 0 Å². The molecule has 27 heavy (non-hydrogen) atoms. The summed E-state index contributed by atoms with van der Waals surface area (Å²) < 4.78 is 30.6. The first-order chi connectivity index (χ1) is 12.7. The van der Waals surface area contributed by atoms with E-state index in [4.69, 9.17) is 4.42 Å². The van der Waals surface area contributed by atoms with Crippen molar-refractivity contribution in [1.29, 1.82) is 0 Å². The lowest BCUT2D eigenvalue weighted by Crippen LogP contribution is -2.24. The molecule has 2 N–H and O–H groups in total. The SMILES string of the molecule is Cc1cc2occ(CC(=O)NCc3cccc(NS(C)(=O)=O)c3)c2cc1C. The molecule has 0 aliphatic carbocycles. The number of benzene rings is 2. The largest absolute Gasteiger partial charge is 0.464 e. The predicted molar refractivity (Wildman–Crippen MR) is 106 cm³/mol. The maximum Gasteiger partial charge on any atom is 0.229 e. The number of hydrogen-bond donors (Lipinski definition) is 2. The highest BCUT2D eigenvalue weighted by Crippen LogP contribution is 2.25. The number of rotatable bonds is 6. The van der Waals surface area contributed by atoms with Crippen LogP contribution in [0.1, 0.15) is 22.3 Å². The Labute approximate surface area is 158 Å². The molecule has 0 saturated heterocycles. The summed E-state index contributed by atoms with van der Waals surface area (Å²) in [6, 6.07) is 10.9. The molecule has 6 nitrogen and oxygen atoms in total. The van der Waals surface area contributed by atoms with Gasteiger partial charge in [0.25, 0.3) is 0 Å². The Morgan fingerprint density at radius 3 is 2.59 bits per heavy atom. The van der Waals surface area contributed by atoms with Crippen LogP contribution < -0.4 is 10.0 Å². The van der Waals surface area contributed by atoms with Gasteiger partial charge in [-0.3, -0.25) is 9.52 Å². The third-order valence-corrected chi connectivity index (χ3v) is 4.95. The normalized spacial score (nSPS) is 11.5. The maximum atomic E-state index is 12.3. The number of aryl methyl sites for hydroxylation is 2. The summed E-state index contributed by atoms with van der Waals surface area (Å²) in [5.74, 6) is -0.127. The molecule has 7 heteroatoms. The van der Waals surface area contributed by atoms with Gasteiger partial charge in [0.1, 0.15) is 5.58 Å². The molecule has 0 saturated carbocycles. The summed E-state index contributed by atoms with van der Waals surface area (Å²) in [4.78, 5) is 12.3. The molecule has 3 aromatic rings. The zero-order chi connectivity index (χ0) is 19.6. The molecule has 1 amide bonds. The van der Waals surface area contributed by atoms with E-state index in [1.54, 1.807) is 24.5 Å². The van der Waals surface area contributed by atoms with Gasteiger partial charge in [-0.2, -0.15) is 0 Å². The number of carbonyl (C=O) groups is 1. The van der Waals surface area contributed by atoms with Crippen molar-refractivity contribution in [3.63, 3.8) is 0 Å². The Morgan fingerprint density at radius 2 is 1.85 bits per heavy atom. The minimum absolute atomic E-state index is 0.127. The number of amides is 1. The first kappa shape index (κ1) is 19.0. The van der Waals surface area contributed by atoms with Crippen molar-refractivity contribution < 1.29 is 17.6 Å². The zero-order valence-electron chi connectivity index (χ0n) is 15.5. The molecular formula is C20H22N2O4S. The lowest BCUT2D eigenvalue weighted by Gasteiger charge is -2.08. The van der Waals surface area contributed by atoms with E-state index in [2.05, 4.69) is 10.0 Å². The van der Waals surface area contributed by atoms with E-state index in [1.807, 2.05) is 32.0 Å². The van der Waals surface area contributed by atoms with Crippen molar-refractivity contribution >= 4 is 32.6 Å².